The molecule has 0 spiro atoms. The van der Waals surface area contributed by atoms with Gasteiger partial charge in [-0.2, -0.15) is 4.37 Å². The molecule has 0 atom stereocenters. The van der Waals surface area contributed by atoms with Crippen molar-refractivity contribution in [2.75, 3.05) is 7.05 Å². The predicted molar refractivity (Wildman–Crippen MR) is 76.0 cm³/mol. The molecule has 0 saturated heterocycles. The molecule has 0 aliphatic rings. The highest BCUT2D eigenvalue weighted by Gasteiger charge is 2.10. The molecule has 18 heavy (non-hydrogen) atoms. The van der Waals surface area contributed by atoms with Gasteiger partial charge in [0.25, 0.3) is 0 Å². The van der Waals surface area contributed by atoms with Crippen molar-refractivity contribution >= 4 is 22.9 Å². The minimum atomic E-state index is 0.407. The molecular weight excluding hydrogens is 264 g/mol. The maximum atomic E-state index is 4.55. The molecule has 0 fully saturated rings. The van der Waals surface area contributed by atoms with Crippen LogP contribution in [0.5, 0.6) is 0 Å². The molecular formula is C12H18N4S2. The average molecular weight is 282 g/mol. The minimum absolute atomic E-state index is 0.407. The first-order valence-corrected chi connectivity index (χ1v) is 7.56. The van der Waals surface area contributed by atoms with E-state index in [1.165, 1.54) is 16.4 Å². The monoisotopic (exact) mass is 282 g/mol. The van der Waals surface area contributed by atoms with Crippen LogP contribution in [0.3, 0.4) is 0 Å². The van der Waals surface area contributed by atoms with Crippen LogP contribution in [0.15, 0.2) is 6.20 Å². The summed E-state index contributed by atoms with van der Waals surface area (Å²) in [6, 6.07) is 0. The predicted octanol–water partition coefficient (Wildman–Crippen LogP) is 3.06. The lowest BCUT2D eigenvalue weighted by Gasteiger charge is -2.12. The Morgan fingerprint density at radius 2 is 2.11 bits per heavy atom. The number of aromatic nitrogens is 3. The number of rotatable bonds is 5. The quantitative estimate of drug-likeness (QED) is 0.845. The summed E-state index contributed by atoms with van der Waals surface area (Å²) in [4.78, 5) is 12.4. The summed E-state index contributed by atoms with van der Waals surface area (Å²) in [5.74, 6) is 1.36. The van der Waals surface area contributed by atoms with Crippen molar-refractivity contribution in [1.82, 2.24) is 19.2 Å². The molecule has 2 aromatic heterocycles. The lowest BCUT2D eigenvalue weighted by Crippen LogP contribution is -2.16. The second-order valence-corrected chi connectivity index (χ2v) is 6.87. The van der Waals surface area contributed by atoms with Crippen LogP contribution in [0.4, 0.5) is 0 Å². The van der Waals surface area contributed by atoms with E-state index in [0.717, 1.165) is 28.9 Å². The Hall–Kier alpha value is -0.850. The summed E-state index contributed by atoms with van der Waals surface area (Å²) in [5, 5.41) is 2.21. The highest BCUT2D eigenvalue weighted by Crippen LogP contribution is 2.17. The van der Waals surface area contributed by atoms with Gasteiger partial charge in [0.05, 0.1) is 11.6 Å². The van der Waals surface area contributed by atoms with Crippen LogP contribution in [0.2, 0.25) is 0 Å². The summed E-state index contributed by atoms with van der Waals surface area (Å²) in [6.45, 7) is 8.04. The highest BCUT2D eigenvalue weighted by atomic mass is 32.1. The van der Waals surface area contributed by atoms with Gasteiger partial charge in [-0.05, 0) is 25.5 Å². The van der Waals surface area contributed by atoms with E-state index in [-0.39, 0.29) is 0 Å². The van der Waals surface area contributed by atoms with Crippen LogP contribution < -0.4 is 0 Å². The Balaban J connectivity index is 1.92. The number of nitrogens with zero attached hydrogens (tertiary/aromatic N) is 4. The van der Waals surface area contributed by atoms with Gasteiger partial charge in [-0.25, -0.2) is 9.97 Å². The molecule has 2 heterocycles. The lowest BCUT2D eigenvalue weighted by molar-refractivity contribution is 0.321. The van der Waals surface area contributed by atoms with Crippen molar-refractivity contribution in [2.45, 2.75) is 39.8 Å². The Morgan fingerprint density at radius 3 is 2.67 bits per heavy atom. The van der Waals surface area contributed by atoms with Crippen molar-refractivity contribution in [3.63, 3.8) is 0 Å². The number of hydrogen-bond acceptors (Lipinski definition) is 6. The van der Waals surface area contributed by atoms with Crippen LogP contribution in [-0.4, -0.2) is 26.3 Å². The maximum absolute atomic E-state index is 4.55. The van der Waals surface area contributed by atoms with Crippen molar-refractivity contribution in [1.29, 1.82) is 0 Å². The Bertz CT molecular complexity index is 504. The fourth-order valence-electron chi connectivity index (χ4n) is 1.60. The zero-order valence-electron chi connectivity index (χ0n) is 11.2. The molecule has 6 heteroatoms. The summed E-state index contributed by atoms with van der Waals surface area (Å²) < 4.78 is 4.37. The fraction of sp³-hybridized carbons (Fsp3) is 0.583. The fourth-order valence-corrected chi connectivity index (χ4v) is 3.34. The summed E-state index contributed by atoms with van der Waals surface area (Å²) >= 11 is 3.26. The molecule has 0 bridgehead atoms. The molecule has 0 saturated carbocycles. The van der Waals surface area contributed by atoms with Crippen LogP contribution in [0.1, 0.15) is 40.5 Å². The van der Waals surface area contributed by atoms with E-state index in [2.05, 4.69) is 40.1 Å². The van der Waals surface area contributed by atoms with Crippen molar-refractivity contribution in [3.05, 3.63) is 26.9 Å². The van der Waals surface area contributed by atoms with E-state index in [1.807, 2.05) is 13.1 Å². The second-order valence-electron chi connectivity index (χ2n) is 4.72. The topological polar surface area (TPSA) is 41.9 Å². The van der Waals surface area contributed by atoms with Gasteiger partial charge in [-0.3, -0.25) is 4.90 Å². The van der Waals surface area contributed by atoms with Gasteiger partial charge in [0.2, 0.25) is 0 Å². The standard InChI is InChI=1S/C12H18N4S2/c1-8(2)12-14-11(18-15-12)7-16(4)6-10-5-13-9(3)17-10/h5,8H,6-7H2,1-4H3. The van der Waals surface area contributed by atoms with Gasteiger partial charge in [0, 0.05) is 23.5 Å². The molecule has 0 aliphatic carbocycles. The molecule has 0 unspecified atom stereocenters. The molecule has 98 valence electrons. The summed E-state index contributed by atoms with van der Waals surface area (Å²) in [6.07, 6.45) is 1.95. The largest absolute Gasteiger partial charge is 0.295 e. The third kappa shape index (κ3) is 3.57. The Labute approximate surface area is 116 Å². The zero-order chi connectivity index (χ0) is 13.1. The van der Waals surface area contributed by atoms with Gasteiger partial charge in [-0.1, -0.05) is 13.8 Å². The van der Waals surface area contributed by atoms with Gasteiger partial charge in [0.15, 0.2) is 0 Å². The van der Waals surface area contributed by atoms with Gasteiger partial charge >= 0.3 is 0 Å². The third-order valence-electron chi connectivity index (χ3n) is 2.50. The number of hydrogen-bond donors (Lipinski definition) is 0. The van der Waals surface area contributed by atoms with E-state index in [9.17, 15) is 0 Å². The highest BCUT2D eigenvalue weighted by molar-refractivity contribution is 7.11. The van der Waals surface area contributed by atoms with Crippen molar-refractivity contribution in [2.24, 2.45) is 0 Å². The molecule has 4 nitrogen and oxygen atoms in total. The molecule has 2 rings (SSSR count). The SMILES string of the molecule is Cc1ncc(CN(C)Cc2nc(C(C)C)ns2)s1. The van der Waals surface area contributed by atoms with Crippen LogP contribution in [0.25, 0.3) is 0 Å². The molecule has 0 radical (unpaired) electrons. The van der Waals surface area contributed by atoms with Crippen LogP contribution in [-0.2, 0) is 13.1 Å². The maximum Gasteiger partial charge on any atom is 0.145 e. The normalized spacial score (nSPS) is 11.7. The number of thiazole rings is 1. The van der Waals surface area contributed by atoms with Crippen molar-refractivity contribution in [3.8, 4) is 0 Å². The number of aryl methyl sites for hydroxylation is 1. The molecule has 0 aliphatic heterocycles. The Kier molecular flexibility index (Phi) is 4.42. The first-order chi connectivity index (χ1) is 8.54. The molecule has 2 aromatic rings. The first kappa shape index (κ1) is 13.6. The van der Waals surface area contributed by atoms with E-state index in [4.69, 9.17) is 0 Å². The van der Waals surface area contributed by atoms with E-state index in [0.29, 0.717) is 5.92 Å². The van der Waals surface area contributed by atoms with Gasteiger partial charge < -0.3 is 0 Å². The van der Waals surface area contributed by atoms with E-state index >= 15 is 0 Å². The van der Waals surface area contributed by atoms with Crippen LogP contribution >= 0.6 is 22.9 Å². The summed E-state index contributed by atoms with van der Waals surface area (Å²) in [7, 11) is 2.10. The van der Waals surface area contributed by atoms with Crippen molar-refractivity contribution < 1.29 is 0 Å². The van der Waals surface area contributed by atoms with Gasteiger partial charge in [0.1, 0.15) is 10.8 Å². The molecule has 0 amide bonds. The van der Waals surface area contributed by atoms with E-state index in [1.54, 1.807) is 11.3 Å². The first-order valence-electron chi connectivity index (χ1n) is 5.97. The summed E-state index contributed by atoms with van der Waals surface area (Å²) in [5.41, 5.74) is 0. The minimum Gasteiger partial charge on any atom is -0.295 e. The van der Waals surface area contributed by atoms with Crippen LogP contribution in [0, 0.1) is 6.92 Å². The smallest absolute Gasteiger partial charge is 0.145 e. The van der Waals surface area contributed by atoms with E-state index < -0.39 is 0 Å². The molecule has 0 aromatic carbocycles. The average Bonchev–Trinajstić information content (AvgIpc) is 2.88. The Morgan fingerprint density at radius 1 is 1.33 bits per heavy atom. The lowest BCUT2D eigenvalue weighted by atomic mass is 10.2. The second kappa shape index (κ2) is 5.86. The van der Waals surface area contributed by atoms with Gasteiger partial charge in [-0.15, -0.1) is 11.3 Å². The zero-order valence-corrected chi connectivity index (χ0v) is 12.8. The third-order valence-corrected chi connectivity index (χ3v) is 4.11. The molecule has 0 N–H and O–H groups in total.